The highest BCUT2D eigenvalue weighted by atomic mass is 16.5. The summed E-state index contributed by atoms with van der Waals surface area (Å²) < 4.78 is 8.32. The van der Waals surface area contributed by atoms with Gasteiger partial charge in [0.15, 0.2) is 0 Å². The number of aromatic nitrogens is 4. The molecule has 3 heterocycles. The van der Waals surface area contributed by atoms with Crippen LogP contribution in [0.2, 0.25) is 0 Å². The SMILES string of the molecule is Nc1nc(=O)n2ccn([C@H]3CC(O)[C@@H](CO)O3)c2n1. The summed E-state index contributed by atoms with van der Waals surface area (Å²) >= 11 is 0. The fourth-order valence-corrected chi connectivity index (χ4v) is 2.21. The number of aliphatic hydroxyl groups is 2. The van der Waals surface area contributed by atoms with Crippen LogP contribution in [0.3, 0.4) is 0 Å². The first-order valence-corrected chi connectivity index (χ1v) is 5.77. The third-order valence-corrected chi connectivity index (χ3v) is 3.15. The van der Waals surface area contributed by atoms with Crippen molar-refractivity contribution in [2.24, 2.45) is 0 Å². The zero-order chi connectivity index (χ0) is 13.6. The van der Waals surface area contributed by atoms with Crippen LogP contribution in [0.25, 0.3) is 5.78 Å². The lowest BCUT2D eigenvalue weighted by atomic mass is 10.2. The average Bonchev–Trinajstić information content (AvgIpc) is 2.92. The zero-order valence-electron chi connectivity index (χ0n) is 9.88. The Bertz CT molecular complexity index is 665. The molecule has 102 valence electrons. The Morgan fingerprint density at radius 2 is 2.26 bits per heavy atom. The minimum absolute atomic E-state index is 0.123. The number of anilines is 1. The zero-order valence-corrected chi connectivity index (χ0v) is 9.88. The van der Waals surface area contributed by atoms with E-state index in [1.54, 1.807) is 10.8 Å². The number of nitrogen functional groups attached to an aromatic ring is 1. The summed E-state index contributed by atoms with van der Waals surface area (Å²) in [6, 6.07) is 0. The molecule has 4 N–H and O–H groups in total. The molecule has 0 aliphatic carbocycles. The molecule has 0 aromatic carbocycles. The quantitative estimate of drug-likeness (QED) is 0.580. The van der Waals surface area contributed by atoms with E-state index in [1.165, 1.54) is 10.6 Å². The maximum Gasteiger partial charge on any atom is 0.357 e. The van der Waals surface area contributed by atoms with Gasteiger partial charge in [-0.25, -0.2) is 9.20 Å². The van der Waals surface area contributed by atoms with Crippen molar-refractivity contribution in [1.29, 1.82) is 0 Å². The molecule has 0 saturated carbocycles. The number of hydrogen-bond donors (Lipinski definition) is 3. The van der Waals surface area contributed by atoms with E-state index in [2.05, 4.69) is 9.97 Å². The van der Waals surface area contributed by atoms with E-state index < -0.39 is 24.1 Å². The summed E-state index contributed by atoms with van der Waals surface area (Å²) in [5.41, 5.74) is 4.92. The van der Waals surface area contributed by atoms with Crippen molar-refractivity contribution in [3.63, 3.8) is 0 Å². The molecule has 1 unspecified atom stereocenters. The maximum atomic E-state index is 11.6. The molecule has 0 radical (unpaired) electrons. The van der Waals surface area contributed by atoms with Gasteiger partial charge in [0, 0.05) is 18.8 Å². The van der Waals surface area contributed by atoms with Crippen LogP contribution >= 0.6 is 0 Å². The molecule has 9 heteroatoms. The molecule has 2 aromatic heterocycles. The van der Waals surface area contributed by atoms with Crippen LogP contribution in [0.15, 0.2) is 17.2 Å². The number of aliphatic hydroxyl groups excluding tert-OH is 2. The van der Waals surface area contributed by atoms with Gasteiger partial charge in [-0.2, -0.15) is 9.97 Å². The lowest BCUT2D eigenvalue weighted by molar-refractivity contribution is -0.0432. The number of imidazole rings is 1. The molecule has 0 amide bonds. The van der Waals surface area contributed by atoms with Gasteiger partial charge >= 0.3 is 5.69 Å². The highest BCUT2D eigenvalue weighted by molar-refractivity contribution is 5.34. The van der Waals surface area contributed by atoms with Crippen LogP contribution in [-0.2, 0) is 4.74 Å². The molecule has 1 aliphatic heterocycles. The summed E-state index contributed by atoms with van der Waals surface area (Å²) in [6.45, 7) is -0.270. The first-order chi connectivity index (χ1) is 9.10. The lowest BCUT2D eigenvalue weighted by Gasteiger charge is -2.13. The fraction of sp³-hybridized carbons (Fsp3) is 0.500. The van der Waals surface area contributed by atoms with Gasteiger partial charge in [0.25, 0.3) is 0 Å². The predicted molar refractivity (Wildman–Crippen MR) is 63.3 cm³/mol. The Kier molecular flexibility index (Phi) is 2.73. The highest BCUT2D eigenvalue weighted by Gasteiger charge is 2.35. The second-order valence-electron chi connectivity index (χ2n) is 4.35. The molecule has 9 nitrogen and oxygen atoms in total. The van der Waals surface area contributed by atoms with Gasteiger partial charge in [0.05, 0.1) is 12.7 Å². The number of ether oxygens (including phenoxy) is 1. The van der Waals surface area contributed by atoms with E-state index >= 15 is 0 Å². The molecular formula is C10H13N5O4. The minimum Gasteiger partial charge on any atom is -0.394 e. The molecule has 0 bridgehead atoms. The first-order valence-electron chi connectivity index (χ1n) is 5.77. The van der Waals surface area contributed by atoms with Crippen LogP contribution < -0.4 is 11.4 Å². The van der Waals surface area contributed by atoms with E-state index in [0.717, 1.165) is 0 Å². The molecule has 1 fully saturated rings. The smallest absolute Gasteiger partial charge is 0.357 e. The molecular weight excluding hydrogens is 254 g/mol. The summed E-state index contributed by atoms with van der Waals surface area (Å²) in [5, 5.41) is 18.8. The maximum absolute atomic E-state index is 11.6. The van der Waals surface area contributed by atoms with Crippen molar-refractivity contribution in [2.45, 2.75) is 24.9 Å². The summed E-state index contributed by atoms with van der Waals surface area (Å²) in [7, 11) is 0. The van der Waals surface area contributed by atoms with Gasteiger partial charge in [-0.3, -0.25) is 4.57 Å². The normalized spacial score (nSPS) is 27.2. The lowest BCUT2D eigenvalue weighted by Crippen LogP contribution is -2.24. The highest BCUT2D eigenvalue weighted by Crippen LogP contribution is 2.29. The predicted octanol–water partition coefficient (Wildman–Crippen LogP) is -1.89. The Morgan fingerprint density at radius 1 is 1.47 bits per heavy atom. The van der Waals surface area contributed by atoms with Gasteiger partial charge in [0.1, 0.15) is 12.3 Å². The van der Waals surface area contributed by atoms with Gasteiger partial charge in [0.2, 0.25) is 11.7 Å². The van der Waals surface area contributed by atoms with Crippen molar-refractivity contribution in [3.05, 3.63) is 22.9 Å². The third-order valence-electron chi connectivity index (χ3n) is 3.15. The van der Waals surface area contributed by atoms with Gasteiger partial charge in [-0.15, -0.1) is 0 Å². The first kappa shape index (κ1) is 12.1. The number of nitrogens with zero attached hydrogens (tertiary/aromatic N) is 4. The minimum atomic E-state index is -0.761. The van der Waals surface area contributed by atoms with Gasteiger partial charge in [-0.1, -0.05) is 0 Å². The summed E-state index contributed by atoms with van der Waals surface area (Å²) in [6.07, 6.45) is 1.49. The molecule has 0 spiro atoms. The van der Waals surface area contributed by atoms with E-state index in [4.69, 9.17) is 15.6 Å². The van der Waals surface area contributed by atoms with Crippen molar-refractivity contribution >= 4 is 11.7 Å². The largest absolute Gasteiger partial charge is 0.394 e. The van der Waals surface area contributed by atoms with Crippen LogP contribution in [0.5, 0.6) is 0 Å². The Hall–Kier alpha value is -1.97. The van der Waals surface area contributed by atoms with Crippen LogP contribution in [0.1, 0.15) is 12.6 Å². The third kappa shape index (κ3) is 1.87. The van der Waals surface area contributed by atoms with Crippen LogP contribution in [0, 0.1) is 0 Å². The number of fused-ring (bicyclic) bond motifs is 1. The molecule has 2 aromatic rings. The number of nitrogens with two attached hydrogens (primary N) is 1. The summed E-state index contributed by atoms with van der Waals surface area (Å²) in [5.74, 6) is 0.162. The number of rotatable bonds is 2. The van der Waals surface area contributed by atoms with Crippen molar-refractivity contribution in [3.8, 4) is 0 Å². The Labute approximate surface area is 106 Å². The Morgan fingerprint density at radius 3 is 2.95 bits per heavy atom. The topological polar surface area (TPSA) is 128 Å². The summed E-state index contributed by atoms with van der Waals surface area (Å²) in [4.78, 5) is 19.1. The van der Waals surface area contributed by atoms with Crippen molar-refractivity contribution < 1.29 is 14.9 Å². The van der Waals surface area contributed by atoms with Crippen molar-refractivity contribution in [2.75, 3.05) is 12.3 Å². The molecule has 3 atom stereocenters. The Balaban J connectivity index is 2.05. The standard InChI is InChI=1S/C10H13N5O4/c11-8-12-9-14(1-2-15(9)10(18)13-8)7-3-5(17)6(4-16)19-7/h1-2,5-7,16-17H,3-4H2,(H2,11,13,18)/t5?,6-,7-/m1/s1. The molecule has 19 heavy (non-hydrogen) atoms. The second-order valence-corrected chi connectivity index (χ2v) is 4.35. The second kappa shape index (κ2) is 4.30. The fourth-order valence-electron chi connectivity index (χ4n) is 2.21. The van der Waals surface area contributed by atoms with E-state index in [-0.39, 0.29) is 18.3 Å². The number of hydrogen-bond acceptors (Lipinski definition) is 7. The van der Waals surface area contributed by atoms with E-state index in [1.807, 2.05) is 0 Å². The monoisotopic (exact) mass is 267 g/mol. The van der Waals surface area contributed by atoms with Gasteiger partial charge in [-0.05, 0) is 0 Å². The van der Waals surface area contributed by atoms with Crippen molar-refractivity contribution in [1.82, 2.24) is 18.9 Å². The van der Waals surface area contributed by atoms with E-state index in [9.17, 15) is 9.90 Å². The van der Waals surface area contributed by atoms with E-state index in [0.29, 0.717) is 6.42 Å². The molecule has 3 rings (SSSR count). The average molecular weight is 267 g/mol. The molecule has 1 saturated heterocycles. The van der Waals surface area contributed by atoms with Gasteiger partial charge < -0.3 is 20.7 Å². The van der Waals surface area contributed by atoms with Crippen LogP contribution in [-0.4, -0.2) is 48.0 Å². The molecule has 1 aliphatic rings. The van der Waals surface area contributed by atoms with Crippen LogP contribution in [0.4, 0.5) is 5.95 Å².